The molecule has 4 rings (SSSR count). The average molecular weight is 337 g/mol. The van der Waals surface area contributed by atoms with Crippen molar-refractivity contribution in [1.82, 2.24) is 14.8 Å². The summed E-state index contributed by atoms with van der Waals surface area (Å²) in [5.41, 5.74) is 2.20. The fourth-order valence-corrected chi connectivity index (χ4v) is 2.98. The number of H-pyrrole nitrogens is 1. The van der Waals surface area contributed by atoms with Crippen LogP contribution < -0.4 is 5.56 Å². The lowest BCUT2D eigenvalue weighted by atomic mass is 10.0. The second-order valence-corrected chi connectivity index (χ2v) is 5.75. The SMILES string of the molecule is Cc1cc(F)ccc1-c1n[nH]c2c1ccc(=O)n2-c1ccccc1F. The van der Waals surface area contributed by atoms with Gasteiger partial charge in [-0.25, -0.2) is 8.78 Å². The largest absolute Gasteiger partial charge is 0.269 e. The van der Waals surface area contributed by atoms with Crippen molar-refractivity contribution in [2.24, 2.45) is 0 Å². The Hall–Kier alpha value is -3.28. The molecule has 0 amide bonds. The highest BCUT2D eigenvalue weighted by molar-refractivity contribution is 5.92. The molecule has 124 valence electrons. The summed E-state index contributed by atoms with van der Waals surface area (Å²) in [4.78, 5) is 12.3. The van der Waals surface area contributed by atoms with Gasteiger partial charge >= 0.3 is 0 Å². The molecule has 0 fully saturated rings. The van der Waals surface area contributed by atoms with Crippen LogP contribution in [0.25, 0.3) is 28.0 Å². The van der Waals surface area contributed by atoms with Crippen LogP contribution in [-0.2, 0) is 0 Å². The van der Waals surface area contributed by atoms with Gasteiger partial charge in [0.1, 0.15) is 23.0 Å². The van der Waals surface area contributed by atoms with Crippen molar-refractivity contribution in [2.75, 3.05) is 0 Å². The molecule has 0 spiro atoms. The Morgan fingerprint density at radius 3 is 2.60 bits per heavy atom. The maximum absolute atomic E-state index is 14.2. The summed E-state index contributed by atoms with van der Waals surface area (Å²) >= 11 is 0. The molecule has 6 heteroatoms. The Balaban J connectivity index is 2.02. The van der Waals surface area contributed by atoms with Gasteiger partial charge in [0.2, 0.25) is 0 Å². The molecule has 2 heterocycles. The van der Waals surface area contributed by atoms with Crippen LogP contribution in [0.2, 0.25) is 0 Å². The fraction of sp³-hybridized carbons (Fsp3) is 0.0526. The van der Waals surface area contributed by atoms with Gasteiger partial charge < -0.3 is 0 Å². The number of benzene rings is 2. The Morgan fingerprint density at radius 2 is 1.84 bits per heavy atom. The molecule has 0 aliphatic carbocycles. The van der Waals surface area contributed by atoms with Gasteiger partial charge in [0, 0.05) is 17.0 Å². The van der Waals surface area contributed by atoms with Crippen molar-refractivity contribution < 1.29 is 8.78 Å². The Bertz CT molecular complexity index is 1160. The summed E-state index contributed by atoms with van der Waals surface area (Å²) in [5, 5.41) is 7.75. The number of halogens is 2. The summed E-state index contributed by atoms with van der Waals surface area (Å²) in [6, 6.07) is 13.5. The van der Waals surface area contributed by atoms with Crippen molar-refractivity contribution in [2.45, 2.75) is 6.92 Å². The molecule has 0 radical (unpaired) electrons. The van der Waals surface area contributed by atoms with Crippen LogP contribution in [0.4, 0.5) is 8.78 Å². The zero-order valence-corrected chi connectivity index (χ0v) is 13.3. The molecule has 0 aliphatic heterocycles. The molecular weight excluding hydrogens is 324 g/mol. The number of hydrogen-bond donors (Lipinski definition) is 1. The minimum absolute atomic E-state index is 0.143. The van der Waals surface area contributed by atoms with E-state index in [0.717, 1.165) is 11.1 Å². The van der Waals surface area contributed by atoms with Gasteiger partial charge in [0.15, 0.2) is 0 Å². The molecule has 4 nitrogen and oxygen atoms in total. The van der Waals surface area contributed by atoms with E-state index in [1.54, 1.807) is 31.2 Å². The Kier molecular flexibility index (Phi) is 3.46. The summed E-state index contributed by atoms with van der Waals surface area (Å²) in [5.74, 6) is -0.837. The maximum Gasteiger partial charge on any atom is 0.256 e. The number of rotatable bonds is 2. The highest BCUT2D eigenvalue weighted by atomic mass is 19.1. The summed E-state index contributed by atoms with van der Waals surface area (Å²) in [7, 11) is 0. The van der Waals surface area contributed by atoms with Gasteiger partial charge in [-0.2, -0.15) is 5.10 Å². The van der Waals surface area contributed by atoms with E-state index in [0.29, 0.717) is 16.7 Å². The lowest BCUT2D eigenvalue weighted by Crippen LogP contribution is -2.18. The maximum atomic E-state index is 14.2. The average Bonchev–Trinajstić information content (AvgIpc) is 3.00. The molecule has 1 N–H and O–H groups in total. The van der Waals surface area contributed by atoms with E-state index < -0.39 is 5.82 Å². The molecule has 4 aromatic rings. The smallest absolute Gasteiger partial charge is 0.256 e. The predicted octanol–water partition coefficient (Wildman–Crippen LogP) is 3.97. The van der Waals surface area contributed by atoms with E-state index in [2.05, 4.69) is 10.2 Å². The molecule has 2 aromatic carbocycles. The van der Waals surface area contributed by atoms with Gasteiger partial charge in [-0.1, -0.05) is 12.1 Å². The first-order chi connectivity index (χ1) is 12.1. The number of nitrogens with one attached hydrogen (secondary N) is 1. The third-order valence-corrected chi connectivity index (χ3v) is 4.16. The predicted molar refractivity (Wildman–Crippen MR) is 91.8 cm³/mol. The van der Waals surface area contributed by atoms with Gasteiger partial charge in [-0.3, -0.25) is 14.5 Å². The summed E-state index contributed by atoms with van der Waals surface area (Å²) in [6.07, 6.45) is 0. The minimum atomic E-state index is -0.508. The standard InChI is InChI=1S/C19H13F2N3O/c1-11-10-12(20)6-7-13(11)18-14-8-9-17(25)24(19(14)23-22-18)16-5-3-2-4-15(16)21/h2-10H,1H3,(H,22,23). The molecule has 0 unspecified atom stereocenters. The van der Waals surface area contributed by atoms with Crippen molar-refractivity contribution in [3.8, 4) is 16.9 Å². The van der Waals surface area contributed by atoms with Gasteiger partial charge in [-0.15, -0.1) is 0 Å². The molecule has 0 bridgehead atoms. The van der Waals surface area contributed by atoms with E-state index in [1.165, 1.54) is 34.9 Å². The number of nitrogens with zero attached hydrogens (tertiary/aromatic N) is 2. The molecule has 2 aromatic heterocycles. The topological polar surface area (TPSA) is 50.7 Å². The quantitative estimate of drug-likeness (QED) is 0.602. The van der Waals surface area contributed by atoms with Crippen LogP contribution in [0.1, 0.15) is 5.56 Å². The Morgan fingerprint density at radius 1 is 1.04 bits per heavy atom. The van der Waals surface area contributed by atoms with Crippen LogP contribution in [0, 0.1) is 18.6 Å². The number of para-hydroxylation sites is 1. The third kappa shape index (κ3) is 2.42. The molecule has 0 saturated carbocycles. The van der Waals surface area contributed by atoms with Gasteiger partial charge in [0.05, 0.1) is 5.69 Å². The lowest BCUT2D eigenvalue weighted by molar-refractivity contribution is 0.617. The zero-order chi connectivity index (χ0) is 17.6. The zero-order valence-electron chi connectivity index (χ0n) is 13.3. The highest BCUT2D eigenvalue weighted by Gasteiger charge is 2.16. The van der Waals surface area contributed by atoms with Gasteiger partial charge in [-0.05, 0) is 48.9 Å². The van der Waals surface area contributed by atoms with E-state index in [9.17, 15) is 13.6 Å². The molecule has 0 saturated heterocycles. The second kappa shape index (κ2) is 5.66. The first-order valence-corrected chi connectivity index (χ1v) is 7.68. The number of aryl methyl sites for hydroxylation is 1. The van der Waals surface area contributed by atoms with Crippen molar-refractivity contribution in [1.29, 1.82) is 0 Å². The number of fused-ring (bicyclic) bond motifs is 1. The monoisotopic (exact) mass is 337 g/mol. The molecular formula is C19H13F2N3O. The first-order valence-electron chi connectivity index (χ1n) is 7.68. The number of pyridine rings is 1. The van der Waals surface area contributed by atoms with Crippen molar-refractivity contribution in [3.05, 3.63) is 82.1 Å². The molecule has 0 aliphatic rings. The van der Waals surface area contributed by atoms with E-state index in [1.807, 2.05) is 0 Å². The lowest BCUT2D eigenvalue weighted by Gasteiger charge is -2.08. The van der Waals surface area contributed by atoms with Crippen LogP contribution in [-0.4, -0.2) is 14.8 Å². The van der Waals surface area contributed by atoms with Crippen molar-refractivity contribution >= 4 is 11.0 Å². The number of aromatic nitrogens is 3. The molecule has 25 heavy (non-hydrogen) atoms. The normalized spacial score (nSPS) is 11.2. The van der Waals surface area contributed by atoms with E-state index in [-0.39, 0.29) is 17.1 Å². The van der Waals surface area contributed by atoms with Crippen LogP contribution >= 0.6 is 0 Å². The summed E-state index contributed by atoms with van der Waals surface area (Å²) in [6.45, 7) is 1.78. The number of hydrogen-bond acceptors (Lipinski definition) is 2. The van der Waals surface area contributed by atoms with Crippen LogP contribution in [0.3, 0.4) is 0 Å². The fourth-order valence-electron chi connectivity index (χ4n) is 2.98. The van der Waals surface area contributed by atoms with E-state index in [4.69, 9.17) is 0 Å². The van der Waals surface area contributed by atoms with Crippen LogP contribution in [0.5, 0.6) is 0 Å². The summed E-state index contributed by atoms with van der Waals surface area (Å²) < 4.78 is 28.8. The first kappa shape index (κ1) is 15.3. The highest BCUT2D eigenvalue weighted by Crippen LogP contribution is 2.29. The Labute approximate surface area is 141 Å². The van der Waals surface area contributed by atoms with Gasteiger partial charge in [0.25, 0.3) is 5.56 Å². The number of aromatic amines is 1. The van der Waals surface area contributed by atoms with E-state index >= 15 is 0 Å². The van der Waals surface area contributed by atoms with Crippen molar-refractivity contribution in [3.63, 3.8) is 0 Å². The molecule has 0 atom stereocenters. The second-order valence-electron chi connectivity index (χ2n) is 5.75. The van der Waals surface area contributed by atoms with Crippen LogP contribution in [0.15, 0.2) is 59.4 Å². The third-order valence-electron chi connectivity index (χ3n) is 4.16. The minimum Gasteiger partial charge on any atom is -0.269 e.